The van der Waals surface area contributed by atoms with Gasteiger partial charge in [0, 0.05) is 12.6 Å². The van der Waals surface area contributed by atoms with Gasteiger partial charge in [-0.15, -0.1) is 11.8 Å². The summed E-state index contributed by atoms with van der Waals surface area (Å²) >= 11 is 1.67. The second-order valence-electron chi connectivity index (χ2n) is 5.27. The van der Waals surface area contributed by atoms with E-state index in [1.807, 2.05) is 17.5 Å². The van der Waals surface area contributed by atoms with E-state index in [4.69, 9.17) is 4.74 Å². The van der Waals surface area contributed by atoms with Crippen molar-refractivity contribution < 1.29 is 9.53 Å². The molecule has 0 unspecified atom stereocenters. The number of methoxy groups -OCH3 is 1. The Hall–Kier alpha value is -1.42. The maximum absolute atomic E-state index is 11.4. The van der Waals surface area contributed by atoms with Crippen LogP contribution in [0.15, 0.2) is 35.7 Å². The largest absolute Gasteiger partial charge is 0.497 e. The number of rotatable bonds is 9. The Kier molecular flexibility index (Phi) is 8.67. The highest BCUT2D eigenvalue weighted by molar-refractivity contribution is 8.02. The van der Waals surface area contributed by atoms with E-state index in [-0.39, 0.29) is 5.91 Å². The Morgan fingerprint density at radius 3 is 2.95 bits per heavy atom. The van der Waals surface area contributed by atoms with Crippen molar-refractivity contribution in [1.82, 2.24) is 5.32 Å². The minimum atomic E-state index is -0.0102. The number of aryl methyl sites for hydroxylation is 1. The van der Waals surface area contributed by atoms with E-state index in [9.17, 15) is 4.79 Å². The molecule has 116 valence electrons. The standard InChI is InChI=1S/C17H25NO2S/c1-14(2)13-18-17(19)9-11-21-10-5-7-15-6-4-8-16(12-15)20-3/h4,6,8-9,11-12,14H,5,7,10,13H2,1-3H3,(H,18,19)/b11-9-. The third-order valence-corrected chi connectivity index (χ3v) is 3.71. The highest BCUT2D eigenvalue weighted by Gasteiger charge is 1.98. The first-order valence-corrected chi connectivity index (χ1v) is 8.35. The van der Waals surface area contributed by atoms with Crippen molar-refractivity contribution in [1.29, 1.82) is 0 Å². The van der Waals surface area contributed by atoms with Crippen LogP contribution < -0.4 is 10.1 Å². The van der Waals surface area contributed by atoms with E-state index in [0.29, 0.717) is 5.92 Å². The second kappa shape index (κ2) is 10.3. The van der Waals surface area contributed by atoms with Gasteiger partial charge < -0.3 is 10.1 Å². The lowest BCUT2D eigenvalue weighted by Crippen LogP contribution is -2.25. The molecule has 0 aliphatic rings. The molecule has 0 bridgehead atoms. The van der Waals surface area contributed by atoms with E-state index in [1.54, 1.807) is 24.9 Å². The third-order valence-electron chi connectivity index (χ3n) is 2.86. The lowest BCUT2D eigenvalue weighted by molar-refractivity contribution is -0.116. The molecule has 0 heterocycles. The number of carbonyl (C=O) groups is 1. The van der Waals surface area contributed by atoms with Crippen molar-refractivity contribution in [2.45, 2.75) is 26.7 Å². The monoisotopic (exact) mass is 307 g/mol. The first-order valence-electron chi connectivity index (χ1n) is 7.30. The summed E-state index contributed by atoms with van der Waals surface area (Å²) in [6, 6.07) is 8.15. The summed E-state index contributed by atoms with van der Waals surface area (Å²) in [5, 5.41) is 4.73. The van der Waals surface area contributed by atoms with Crippen molar-refractivity contribution in [3.8, 4) is 5.75 Å². The van der Waals surface area contributed by atoms with Crippen molar-refractivity contribution >= 4 is 17.7 Å². The first kappa shape index (κ1) is 17.6. The Labute approximate surface area is 132 Å². The fraction of sp³-hybridized carbons (Fsp3) is 0.471. The zero-order valence-corrected chi connectivity index (χ0v) is 13.9. The normalized spacial score (nSPS) is 11.0. The molecular formula is C17H25NO2S. The minimum absolute atomic E-state index is 0.0102. The Morgan fingerprint density at radius 1 is 1.43 bits per heavy atom. The molecule has 3 nitrogen and oxygen atoms in total. The average molecular weight is 307 g/mol. The van der Waals surface area contributed by atoms with E-state index in [1.165, 1.54) is 5.56 Å². The number of nitrogens with one attached hydrogen (secondary N) is 1. The van der Waals surface area contributed by atoms with Gasteiger partial charge in [0.05, 0.1) is 7.11 Å². The smallest absolute Gasteiger partial charge is 0.244 e. The Balaban J connectivity index is 2.15. The average Bonchev–Trinajstić information content (AvgIpc) is 2.48. The number of hydrogen-bond donors (Lipinski definition) is 1. The number of benzene rings is 1. The van der Waals surface area contributed by atoms with E-state index < -0.39 is 0 Å². The summed E-state index contributed by atoms with van der Waals surface area (Å²) in [4.78, 5) is 11.4. The van der Waals surface area contributed by atoms with Crippen molar-refractivity contribution in [3.05, 3.63) is 41.3 Å². The fourth-order valence-corrected chi connectivity index (χ4v) is 2.40. The molecule has 1 aromatic rings. The molecule has 0 spiro atoms. The van der Waals surface area contributed by atoms with Crippen LogP contribution in [0.3, 0.4) is 0 Å². The van der Waals surface area contributed by atoms with Crippen molar-refractivity contribution in [3.63, 3.8) is 0 Å². The summed E-state index contributed by atoms with van der Waals surface area (Å²) in [7, 11) is 1.68. The van der Waals surface area contributed by atoms with E-state index in [2.05, 4.69) is 31.3 Å². The number of amides is 1. The SMILES string of the molecule is COc1cccc(CCCS/C=C\C(=O)NCC(C)C)c1. The van der Waals surface area contributed by atoms with Crippen LogP contribution in [0, 0.1) is 5.92 Å². The van der Waals surface area contributed by atoms with Crippen LogP contribution in [0.1, 0.15) is 25.8 Å². The van der Waals surface area contributed by atoms with Gasteiger partial charge in [-0.3, -0.25) is 4.79 Å². The van der Waals surface area contributed by atoms with Gasteiger partial charge in [0.25, 0.3) is 0 Å². The summed E-state index contributed by atoms with van der Waals surface area (Å²) in [5.41, 5.74) is 1.29. The number of ether oxygens (including phenoxy) is 1. The lowest BCUT2D eigenvalue weighted by Gasteiger charge is -2.04. The van der Waals surface area contributed by atoms with E-state index >= 15 is 0 Å². The highest BCUT2D eigenvalue weighted by atomic mass is 32.2. The number of thioether (sulfide) groups is 1. The van der Waals surface area contributed by atoms with Gasteiger partial charge in [-0.1, -0.05) is 26.0 Å². The summed E-state index contributed by atoms with van der Waals surface area (Å²) in [6.45, 7) is 4.89. The Bertz CT molecular complexity index is 458. The fourth-order valence-electron chi connectivity index (χ4n) is 1.73. The molecule has 1 aromatic carbocycles. The summed E-state index contributed by atoms with van der Waals surface area (Å²) < 4.78 is 5.20. The molecule has 0 atom stereocenters. The molecule has 0 aromatic heterocycles. The van der Waals surface area contributed by atoms with Gasteiger partial charge in [0.1, 0.15) is 5.75 Å². The van der Waals surface area contributed by atoms with Crippen LogP contribution in [-0.4, -0.2) is 25.3 Å². The van der Waals surface area contributed by atoms with Gasteiger partial charge in [-0.2, -0.15) is 0 Å². The van der Waals surface area contributed by atoms with Crippen LogP contribution >= 0.6 is 11.8 Å². The number of hydrogen-bond acceptors (Lipinski definition) is 3. The van der Waals surface area contributed by atoms with Gasteiger partial charge in [-0.05, 0) is 47.6 Å². The zero-order valence-electron chi connectivity index (χ0n) is 13.1. The number of carbonyl (C=O) groups excluding carboxylic acids is 1. The topological polar surface area (TPSA) is 38.3 Å². The molecule has 4 heteroatoms. The minimum Gasteiger partial charge on any atom is -0.497 e. The molecular weight excluding hydrogens is 282 g/mol. The summed E-state index contributed by atoms with van der Waals surface area (Å²) in [5.74, 6) is 2.38. The van der Waals surface area contributed by atoms with Gasteiger partial charge in [0.2, 0.25) is 5.91 Å². The molecule has 1 rings (SSSR count). The molecule has 0 aliphatic carbocycles. The van der Waals surface area contributed by atoms with Gasteiger partial charge >= 0.3 is 0 Å². The second-order valence-corrected chi connectivity index (χ2v) is 6.28. The molecule has 0 saturated heterocycles. The lowest BCUT2D eigenvalue weighted by atomic mass is 10.1. The maximum atomic E-state index is 11.4. The maximum Gasteiger partial charge on any atom is 0.244 e. The zero-order chi connectivity index (χ0) is 15.5. The highest BCUT2D eigenvalue weighted by Crippen LogP contribution is 2.15. The molecule has 0 aliphatic heterocycles. The summed E-state index contributed by atoms with van der Waals surface area (Å²) in [6.07, 6.45) is 3.71. The molecule has 0 saturated carbocycles. The van der Waals surface area contributed by atoms with Crippen LogP contribution in [0.5, 0.6) is 5.75 Å². The molecule has 21 heavy (non-hydrogen) atoms. The Morgan fingerprint density at radius 2 is 2.24 bits per heavy atom. The first-order chi connectivity index (χ1) is 10.1. The molecule has 0 radical (unpaired) electrons. The molecule has 1 N–H and O–H groups in total. The predicted molar refractivity (Wildman–Crippen MR) is 90.8 cm³/mol. The van der Waals surface area contributed by atoms with Gasteiger partial charge in [0.15, 0.2) is 0 Å². The van der Waals surface area contributed by atoms with Crippen molar-refractivity contribution in [2.75, 3.05) is 19.4 Å². The van der Waals surface area contributed by atoms with Gasteiger partial charge in [-0.25, -0.2) is 0 Å². The van der Waals surface area contributed by atoms with Crippen LogP contribution in [0.4, 0.5) is 0 Å². The van der Waals surface area contributed by atoms with Crippen LogP contribution in [0.25, 0.3) is 0 Å². The third kappa shape index (κ3) is 8.45. The van der Waals surface area contributed by atoms with Crippen LogP contribution in [0.2, 0.25) is 0 Å². The van der Waals surface area contributed by atoms with E-state index in [0.717, 1.165) is 30.9 Å². The van der Waals surface area contributed by atoms with Crippen LogP contribution in [-0.2, 0) is 11.2 Å². The van der Waals surface area contributed by atoms with Crippen molar-refractivity contribution in [2.24, 2.45) is 5.92 Å². The molecule has 0 fully saturated rings. The predicted octanol–water partition coefficient (Wildman–Crippen LogP) is 3.65. The quantitative estimate of drug-likeness (QED) is 0.559. The molecule has 1 amide bonds.